The number of amides is 1. The highest BCUT2D eigenvalue weighted by atomic mass is 35.5. The fourth-order valence-electron chi connectivity index (χ4n) is 2.16. The van der Waals surface area contributed by atoms with Crippen LogP contribution in [0.2, 0.25) is 5.02 Å². The van der Waals surface area contributed by atoms with Gasteiger partial charge in [0.15, 0.2) is 0 Å². The molecule has 1 unspecified atom stereocenters. The van der Waals surface area contributed by atoms with E-state index in [1.165, 1.54) is 7.11 Å². The molecule has 1 amide bonds. The second kappa shape index (κ2) is 7.82. The van der Waals surface area contributed by atoms with Crippen molar-refractivity contribution in [3.8, 4) is 5.75 Å². The van der Waals surface area contributed by atoms with Crippen LogP contribution in [0.1, 0.15) is 15.9 Å². The molecule has 0 aliphatic carbocycles. The number of carbonyl (C=O) groups excluding carboxylic acids is 1. The summed E-state index contributed by atoms with van der Waals surface area (Å²) in [5.74, 6) is 0.230. The molecule has 0 aliphatic heterocycles. The van der Waals surface area contributed by atoms with E-state index in [-0.39, 0.29) is 18.6 Å². The van der Waals surface area contributed by atoms with E-state index < -0.39 is 0 Å². The summed E-state index contributed by atoms with van der Waals surface area (Å²) < 4.78 is 5.18. The summed E-state index contributed by atoms with van der Waals surface area (Å²) in [4.78, 5) is 12.3. The number of methoxy groups -OCH3 is 1. The number of benzene rings is 2. The van der Waals surface area contributed by atoms with E-state index >= 15 is 0 Å². The smallest absolute Gasteiger partial charge is 0.255 e. The predicted molar refractivity (Wildman–Crippen MR) is 86.5 cm³/mol. The summed E-state index contributed by atoms with van der Waals surface area (Å²) in [5, 5.41) is 13.0. The van der Waals surface area contributed by atoms with Gasteiger partial charge >= 0.3 is 0 Å². The van der Waals surface area contributed by atoms with Crippen molar-refractivity contribution in [1.29, 1.82) is 0 Å². The van der Waals surface area contributed by atoms with Gasteiger partial charge in [0, 0.05) is 5.02 Å². The average Bonchev–Trinajstić information content (AvgIpc) is 2.56. The minimum Gasteiger partial charge on any atom is -0.496 e. The van der Waals surface area contributed by atoms with Crippen molar-refractivity contribution < 1.29 is 14.6 Å². The van der Waals surface area contributed by atoms with E-state index in [4.69, 9.17) is 16.3 Å². The fraction of sp³-hybridized carbons (Fsp3) is 0.235. The highest BCUT2D eigenvalue weighted by molar-refractivity contribution is 6.30. The summed E-state index contributed by atoms with van der Waals surface area (Å²) >= 11 is 5.85. The number of halogens is 1. The van der Waals surface area contributed by atoms with Crippen LogP contribution in [-0.2, 0) is 6.42 Å². The standard InChI is InChI=1S/C17H18ClNO3/c1-22-16-5-3-2-4-15(16)17(21)19-14(11-20)10-12-6-8-13(18)9-7-12/h2-9,14,20H,10-11H2,1H3,(H,19,21). The molecule has 0 spiro atoms. The van der Waals surface area contributed by atoms with Gasteiger partial charge in [-0.1, -0.05) is 35.9 Å². The van der Waals surface area contributed by atoms with Crippen LogP contribution < -0.4 is 10.1 Å². The largest absolute Gasteiger partial charge is 0.496 e. The zero-order valence-corrected chi connectivity index (χ0v) is 13.0. The molecule has 0 fully saturated rings. The second-order valence-corrected chi connectivity index (χ2v) is 5.32. The van der Waals surface area contributed by atoms with Crippen molar-refractivity contribution in [2.24, 2.45) is 0 Å². The third-order valence-electron chi connectivity index (χ3n) is 3.30. The third kappa shape index (κ3) is 4.23. The van der Waals surface area contributed by atoms with Gasteiger partial charge in [-0.15, -0.1) is 0 Å². The van der Waals surface area contributed by atoms with E-state index in [2.05, 4.69) is 5.32 Å². The summed E-state index contributed by atoms with van der Waals surface area (Å²) in [5.41, 5.74) is 1.43. The van der Waals surface area contributed by atoms with E-state index in [9.17, 15) is 9.90 Å². The lowest BCUT2D eigenvalue weighted by Crippen LogP contribution is -2.39. The fourth-order valence-corrected chi connectivity index (χ4v) is 2.29. The Morgan fingerprint density at radius 3 is 2.55 bits per heavy atom. The van der Waals surface area contributed by atoms with Gasteiger partial charge < -0.3 is 15.2 Å². The zero-order chi connectivity index (χ0) is 15.9. The van der Waals surface area contributed by atoms with E-state index in [0.717, 1.165) is 5.56 Å². The lowest BCUT2D eigenvalue weighted by molar-refractivity contribution is 0.0913. The molecule has 2 N–H and O–H groups in total. The average molecular weight is 320 g/mol. The molecule has 0 saturated heterocycles. The molecule has 0 heterocycles. The van der Waals surface area contributed by atoms with Gasteiger partial charge in [0.1, 0.15) is 5.75 Å². The van der Waals surface area contributed by atoms with Crippen molar-refractivity contribution in [2.75, 3.05) is 13.7 Å². The number of rotatable bonds is 6. The van der Waals surface area contributed by atoms with Crippen LogP contribution in [0.5, 0.6) is 5.75 Å². The molecule has 0 aromatic heterocycles. The van der Waals surface area contributed by atoms with Crippen LogP contribution in [0, 0.1) is 0 Å². The highest BCUT2D eigenvalue weighted by Gasteiger charge is 2.16. The predicted octanol–water partition coefficient (Wildman–Crippen LogP) is 2.68. The number of ether oxygens (including phenoxy) is 1. The lowest BCUT2D eigenvalue weighted by Gasteiger charge is -2.17. The molecular weight excluding hydrogens is 302 g/mol. The van der Waals surface area contributed by atoms with Crippen molar-refractivity contribution in [3.63, 3.8) is 0 Å². The first-order chi connectivity index (χ1) is 10.6. The summed E-state index contributed by atoms with van der Waals surface area (Å²) in [7, 11) is 1.52. The Bertz CT molecular complexity index is 628. The molecule has 1 atom stereocenters. The Hall–Kier alpha value is -2.04. The first-order valence-electron chi connectivity index (χ1n) is 6.93. The van der Waals surface area contributed by atoms with Crippen molar-refractivity contribution in [2.45, 2.75) is 12.5 Å². The number of aliphatic hydroxyl groups excluding tert-OH is 1. The van der Waals surface area contributed by atoms with Crippen molar-refractivity contribution in [1.82, 2.24) is 5.32 Å². The minimum absolute atomic E-state index is 0.149. The number of nitrogens with one attached hydrogen (secondary N) is 1. The van der Waals surface area contributed by atoms with Gasteiger partial charge in [0.05, 0.1) is 25.3 Å². The Labute approximate surface area is 134 Å². The maximum absolute atomic E-state index is 12.3. The summed E-state index contributed by atoms with van der Waals surface area (Å²) in [6, 6.07) is 13.9. The van der Waals surface area contributed by atoms with Crippen molar-refractivity contribution in [3.05, 3.63) is 64.7 Å². The summed E-state index contributed by atoms with van der Waals surface area (Å²) in [6.45, 7) is -0.149. The molecule has 2 rings (SSSR count). The zero-order valence-electron chi connectivity index (χ0n) is 12.3. The number of aliphatic hydroxyl groups is 1. The Balaban J connectivity index is 2.06. The SMILES string of the molecule is COc1ccccc1C(=O)NC(CO)Cc1ccc(Cl)cc1. The minimum atomic E-state index is -0.376. The number of hydrogen-bond donors (Lipinski definition) is 2. The van der Waals surface area contributed by atoms with Crippen LogP contribution in [0.4, 0.5) is 0 Å². The molecule has 0 bridgehead atoms. The van der Waals surface area contributed by atoms with Gasteiger partial charge in [-0.05, 0) is 36.2 Å². The monoisotopic (exact) mass is 319 g/mol. The molecule has 2 aromatic carbocycles. The van der Waals surface area contributed by atoms with Crippen LogP contribution in [0.25, 0.3) is 0 Å². The molecule has 0 aliphatic rings. The Kier molecular flexibility index (Phi) is 5.81. The van der Waals surface area contributed by atoms with E-state index in [1.54, 1.807) is 36.4 Å². The van der Waals surface area contributed by atoms with Gasteiger partial charge in [0.2, 0.25) is 0 Å². The van der Waals surface area contributed by atoms with Gasteiger partial charge in [-0.3, -0.25) is 4.79 Å². The quantitative estimate of drug-likeness (QED) is 0.860. The molecule has 5 heteroatoms. The number of hydrogen-bond acceptors (Lipinski definition) is 3. The van der Waals surface area contributed by atoms with Gasteiger partial charge in [-0.2, -0.15) is 0 Å². The molecule has 0 saturated carbocycles. The normalized spacial score (nSPS) is 11.8. The molecule has 2 aromatic rings. The second-order valence-electron chi connectivity index (χ2n) is 4.88. The van der Waals surface area contributed by atoms with E-state index in [1.807, 2.05) is 12.1 Å². The first kappa shape index (κ1) is 16.3. The van der Waals surface area contributed by atoms with Crippen LogP contribution in [-0.4, -0.2) is 30.8 Å². The molecule has 116 valence electrons. The lowest BCUT2D eigenvalue weighted by atomic mass is 10.1. The molecule has 22 heavy (non-hydrogen) atoms. The van der Waals surface area contributed by atoms with Crippen molar-refractivity contribution >= 4 is 17.5 Å². The van der Waals surface area contributed by atoms with Gasteiger partial charge in [-0.25, -0.2) is 0 Å². The van der Waals surface area contributed by atoms with Crippen LogP contribution in [0.15, 0.2) is 48.5 Å². The first-order valence-corrected chi connectivity index (χ1v) is 7.31. The molecular formula is C17H18ClNO3. The molecule has 0 radical (unpaired) electrons. The Morgan fingerprint density at radius 2 is 1.91 bits per heavy atom. The molecule has 4 nitrogen and oxygen atoms in total. The topological polar surface area (TPSA) is 58.6 Å². The summed E-state index contributed by atoms with van der Waals surface area (Å²) in [6.07, 6.45) is 0.522. The number of para-hydroxylation sites is 1. The third-order valence-corrected chi connectivity index (χ3v) is 3.55. The van der Waals surface area contributed by atoms with Gasteiger partial charge in [0.25, 0.3) is 5.91 Å². The maximum atomic E-state index is 12.3. The highest BCUT2D eigenvalue weighted by Crippen LogP contribution is 2.17. The number of carbonyl (C=O) groups is 1. The Morgan fingerprint density at radius 1 is 1.23 bits per heavy atom. The van der Waals surface area contributed by atoms with E-state index in [0.29, 0.717) is 22.8 Å². The van der Waals surface area contributed by atoms with Crippen LogP contribution >= 0.6 is 11.6 Å². The maximum Gasteiger partial charge on any atom is 0.255 e. The van der Waals surface area contributed by atoms with Crippen LogP contribution in [0.3, 0.4) is 0 Å².